The highest BCUT2D eigenvalue weighted by molar-refractivity contribution is 5.72. The lowest BCUT2D eigenvalue weighted by Gasteiger charge is -1.93. The lowest BCUT2D eigenvalue weighted by Crippen LogP contribution is -2.01. The molecule has 0 saturated carbocycles. The van der Waals surface area contributed by atoms with Crippen LogP contribution in [-0.2, 0) is 9.53 Å². The van der Waals surface area contributed by atoms with E-state index in [-0.39, 0.29) is 18.1 Å². The molecule has 1 N–H and O–H groups in total. The van der Waals surface area contributed by atoms with E-state index in [0.29, 0.717) is 6.61 Å². The Morgan fingerprint density at radius 3 is 3.06 bits per heavy atom. The number of hydrogen-bond donors (Lipinski definition) is 1. The first-order valence-corrected chi connectivity index (χ1v) is 4.47. The van der Waals surface area contributed by atoms with Crippen LogP contribution in [0.3, 0.4) is 0 Å². The van der Waals surface area contributed by atoms with E-state index in [9.17, 15) is 14.9 Å². The number of nitro groups is 1. The molecule has 0 atom stereocenters. The van der Waals surface area contributed by atoms with Gasteiger partial charge in [-0.3, -0.25) is 4.79 Å². The molecule has 1 aromatic heterocycles. The Morgan fingerprint density at radius 2 is 2.50 bits per heavy atom. The van der Waals surface area contributed by atoms with Gasteiger partial charge in [0.05, 0.1) is 6.61 Å². The Bertz CT molecular complexity index is 455. The molecule has 0 amide bonds. The molecule has 7 nitrogen and oxygen atoms in total. The van der Waals surface area contributed by atoms with E-state index in [0.717, 1.165) is 6.20 Å². The summed E-state index contributed by atoms with van der Waals surface area (Å²) in [4.78, 5) is 26.6. The highest BCUT2D eigenvalue weighted by Crippen LogP contribution is 2.04. The molecular weight excluding hydrogens is 214 g/mol. The van der Waals surface area contributed by atoms with E-state index in [4.69, 9.17) is 0 Å². The maximum absolute atomic E-state index is 10.9. The van der Waals surface area contributed by atoms with E-state index < -0.39 is 10.9 Å². The van der Waals surface area contributed by atoms with Gasteiger partial charge in [-0.1, -0.05) is 5.92 Å². The largest absolute Gasteiger partial charge is 0.465 e. The van der Waals surface area contributed by atoms with Crippen LogP contribution in [0, 0.1) is 22.0 Å². The fraction of sp³-hybridized carbons (Fsp3) is 0.333. The minimum absolute atomic E-state index is 0.0671. The van der Waals surface area contributed by atoms with Crippen LogP contribution in [0.25, 0.3) is 0 Å². The molecular formula is C9H9N3O4. The van der Waals surface area contributed by atoms with Gasteiger partial charge in [0.15, 0.2) is 0 Å². The predicted molar refractivity (Wildman–Crippen MR) is 53.4 cm³/mol. The zero-order chi connectivity index (χ0) is 12.0. The summed E-state index contributed by atoms with van der Waals surface area (Å²) in [6.07, 6.45) is 0.997. The van der Waals surface area contributed by atoms with E-state index in [1.54, 1.807) is 6.92 Å². The minimum atomic E-state index is -0.608. The Morgan fingerprint density at radius 1 is 1.75 bits per heavy atom. The van der Waals surface area contributed by atoms with Gasteiger partial charge >= 0.3 is 11.8 Å². The topological polar surface area (TPSA) is 98.1 Å². The first-order chi connectivity index (χ1) is 7.63. The van der Waals surface area contributed by atoms with Crippen LogP contribution < -0.4 is 0 Å². The maximum atomic E-state index is 10.9. The van der Waals surface area contributed by atoms with Crippen molar-refractivity contribution in [1.82, 2.24) is 9.97 Å². The maximum Gasteiger partial charge on any atom is 0.341 e. The summed E-state index contributed by atoms with van der Waals surface area (Å²) in [6.45, 7) is 1.99. The first kappa shape index (κ1) is 11.7. The summed E-state index contributed by atoms with van der Waals surface area (Å²) >= 11 is 0. The average Bonchev–Trinajstić information content (AvgIpc) is 2.67. The average molecular weight is 223 g/mol. The van der Waals surface area contributed by atoms with E-state index >= 15 is 0 Å². The first-order valence-electron chi connectivity index (χ1n) is 4.47. The Kier molecular flexibility index (Phi) is 4.03. The third-order valence-electron chi connectivity index (χ3n) is 1.50. The Balaban J connectivity index is 2.56. The van der Waals surface area contributed by atoms with Gasteiger partial charge in [-0.25, -0.2) is 9.97 Å². The van der Waals surface area contributed by atoms with Crippen molar-refractivity contribution < 1.29 is 14.5 Å². The predicted octanol–water partition coefficient (Wildman–Crippen LogP) is 0.623. The smallest absolute Gasteiger partial charge is 0.341 e. The summed E-state index contributed by atoms with van der Waals surface area (Å²) < 4.78 is 4.64. The number of carbonyl (C=O) groups is 1. The van der Waals surface area contributed by atoms with Crippen molar-refractivity contribution in [3.05, 3.63) is 22.1 Å². The number of ether oxygens (including phenoxy) is 1. The van der Waals surface area contributed by atoms with Crippen LogP contribution in [0.15, 0.2) is 6.20 Å². The van der Waals surface area contributed by atoms with Crippen LogP contribution in [0.5, 0.6) is 0 Å². The standard InChI is InChI=1S/C9H9N3O4/c1-2-16-9(13)5-3-4-7-10-6-8(11-7)12(14)15/h6H,2,5H2,1H3,(H,10,11). The zero-order valence-corrected chi connectivity index (χ0v) is 8.52. The number of nitrogens with one attached hydrogen (secondary N) is 1. The molecule has 1 aromatic rings. The van der Waals surface area contributed by atoms with Gasteiger partial charge in [0.2, 0.25) is 0 Å². The summed E-state index contributed by atoms with van der Waals surface area (Å²) in [6, 6.07) is 0. The summed E-state index contributed by atoms with van der Waals surface area (Å²) in [5.41, 5.74) is 0. The SMILES string of the molecule is CCOC(=O)CC#Cc1ncc([N+](=O)[O-])[nH]1. The minimum Gasteiger partial charge on any atom is -0.465 e. The number of hydrogen-bond acceptors (Lipinski definition) is 5. The van der Waals surface area contributed by atoms with E-state index in [1.807, 2.05) is 0 Å². The van der Waals surface area contributed by atoms with Gasteiger partial charge in [-0.2, -0.15) is 0 Å². The number of aromatic amines is 1. The van der Waals surface area contributed by atoms with Crippen molar-refractivity contribution in [1.29, 1.82) is 0 Å². The lowest BCUT2D eigenvalue weighted by molar-refractivity contribution is -0.389. The second-order valence-electron chi connectivity index (χ2n) is 2.66. The molecule has 16 heavy (non-hydrogen) atoms. The molecule has 7 heteroatoms. The molecule has 0 bridgehead atoms. The van der Waals surface area contributed by atoms with Crippen molar-refractivity contribution in [2.24, 2.45) is 0 Å². The second kappa shape index (κ2) is 5.50. The third kappa shape index (κ3) is 3.42. The lowest BCUT2D eigenvalue weighted by atomic mass is 10.4. The van der Waals surface area contributed by atoms with Gasteiger partial charge in [0.1, 0.15) is 12.6 Å². The number of imidazole rings is 1. The summed E-state index contributed by atoms with van der Waals surface area (Å²) in [5.74, 6) is 4.46. The number of H-pyrrole nitrogens is 1. The van der Waals surface area contributed by atoms with Crippen LogP contribution in [-0.4, -0.2) is 27.5 Å². The molecule has 0 aliphatic carbocycles. The van der Waals surface area contributed by atoms with Gasteiger partial charge in [-0.05, 0) is 17.8 Å². The molecule has 0 fully saturated rings. The van der Waals surface area contributed by atoms with Crippen LogP contribution >= 0.6 is 0 Å². The molecule has 0 aromatic carbocycles. The fourth-order valence-corrected chi connectivity index (χ4v) is 0.880. The van der Waals surface area contributed by atoms with Crippen molar-refractivity contribution in [2.45, 2.75) is 13.3 Å². The summed E-state index contributed by atoms with van der Waals surface area (Å²) in [7, 11) is 0. The van der Waals surface area contributed by atoms with Crippen LogP contribution in [0.2, 0.25) is 0 Å². The molecule has 1 heterocycles. The van der Waals surface area contributed by atoms with Gasteiger partial charge in [0.25, 0.3) is 5.82 Å². The van der Waals surface area contributed by atoms with Crippen molar-refractivity contribution in [3.63, 3.8) is 0 Å². The number of esters is 1. The third-order valence-corrected chi connectivity index (χ3v) is 1.50. The number of nitrogens with zero attached hydrogens (tertiary/aromatic N) is 2. The van der Waals surface area contributed by atoms with Crippen molar-refractivity contribution in [2.75, 3.05) is 6.61 Å². The highest BCUT2D eigenvalue weighted by atomic mass is 16.6. The molecule has 0 unspecified atom stereocenters. The molecule has 84 valence electrons. The molecule has 0 saturated heterocycles. The van der Waals surface area contributed by atoms with Gasteiger partial charge in [0, 0.05) is 0 Å². The van der Waals surface area contributed by atoms with Crippen molar-refractivity contribution >= 4 is 11.8 Å². The number of rotatable bonds is 3. The normalized spacial score (nSPS) is 9.06. The number of aromatic nitrogens is 2. The zero-order valence-electron chi connectivity index (χ0n) is 8.52. The highest BCUT2D eigenvalue weighted by Gasteiger charge is 2.07. The second-order valence-corrected chi connectivity index (χ2v) is 2.66. The van der Waals surface area contributed by atoms with Gasteiger partial charge in [-0.15, -0.1) is 0 Å². The summed E-state index contributed by atoms with van der Waals surface area (Å²) in [5, 5.41) is 10.3. The fourth-order valence-electron chi connectivity index (χ4n) is 0.880. The number of carbonyl (C=O) groups excluding carboxylic acids is 1. The Labute approximate surface area is 91.0 Å². The van der Waals surface area contributed by atoms with Crippen molar-refractivity contribution in [3.8, 4) is 11.8 Å². The van der Waals surface area contributed by atoms with Crippen LogP contribution in [0.1, 0.15) is 19.2 Å². The van der Waals surface area contributed by atoms with Crippen LogP contribution in [0.4, 0.5) is 5.82 Å². The molecule has 0 aliphatic heterocycles. The van der Waals surface area contributed by atoms with Gasteiger partial charge < -0.3 is 14.9 Å². The quantitative estimate of drug-likeness (QED) is 0.350. The molecule has 0 radical (unpaired) electrons. The molecule has 0 spiro atoms. The Hall–Kier alpha value is -2.36. The monoisotopic (exact) mass is 223 g/mol. The van der Waals surface area contributed by atoms with E-state index in [2.05, 4.69) is 26.5 Å². The molecule has 1 rings (SSSR count). The van der Waals surface area contributed by atoms with E-state index in [1.165, 1.54) is 0 Å². The molecule has 0 aliphatic rings.